The number of ketones is 1. The summed E-state index contributed by atoms with van der Waals surface area (Å²) >= 11 is 5.83. The highest BCUT2D eigenvalue weighted by molar-refractivity contribution is 6.29. The minimum Gasteiger partial charge on any atom is -0.462 e. The van der Waals surface area contributed by atoms with Gasteiger partial charge in [-0.1, -0.05) is 11.6 Å². The first-order chi connectivity index (χ1) is 9.11. The lowest BCUT2D eigenvalue weighted by Crippen LogP contribution is -2.25. The number of anilines is 1. The predicted octanol–water partition coefficient (Wildman–Crippen LogP) is 2.45. The fourth-order valence-electron chi connectivity index (χ4n) is 2.08. The van der Waals surface area contributed by atoms with Crippen molar-refractivity contribution in [2.75, 3.05) is 11.9 Å². The van der Waals surface area contributed by atoms with Crippen molar-refractivity contribution in [2.45, 2.75) is 32.2 Å². The first-order valence-corrected chi connectivity index (χ1v) is 6.61. The van der Waals surface area contributed by atoms with Crippen molar-refractivity contribution >= 4 is 29.0 Å². The van der Waals surface area contributed by atoms with Crippen molar-refractivity contribution in [2.24, 2.45) is 0 Å². The van der Waals surface area contributed by atoms with Gasteiger partial charge in [-0.15, -0.1) is 0 Å². The smallest absolute Gasteiger partial charge is 0.341 e. The van der Waals surface area contributed by atoms with Gasteiger partial charge in [0.1, 0.15) is 10.7 Å². The highest BCUT2D eigenvalue weighted by Gasteiger charge is 2.26. The first kappa shape index (κ1) is 13.8. The van der Waals surface area contributed by atoms with Crippen LogP contribution in [0, 0.1) is 0 Å². The van der Waals surface area contributed by atoms with Gasteiger partial charge in [-0.3, -0.25) is 4.79 Å². The molecule has 0 amide bonds. The summed E-state index contributed by atoms with van der Waals surface area (Å²) in [4.78, 5) is 27.3. The van der Waals surface area contributed by atoms with Gasteiger partial charge >= 0.3 is 5.97 Å². The number of carbonyl (C=O) groups is 2. The van der Waals surface area contributed by atoms with Gasteiger partial charge < -0.3 is 10.1 Å². The second kappa shape index (κ2) is 6.02. The Morgan fingerprint density at radius 3 is 3.05 bits per heavy atom. The third kappa shape index (κ3) is 3.23. The molecule has 0 aliphatic heterocycles. The molecule has 1 aliphatic rings. The minimum absolute atomic E-state index is 0.155. The molecule has 0 aromatic carbocycles. The molecule has 1 aliphatic carbocycles. The number of carbonyl (C=O) groups excluding carboxylic acids is 2. The summed E-state index contributed by atoms with van der Waals surface area (Å²) in [5.41, 5.74) is 0.796. The number of rotatable bonds is 4. The molecule has 0 spiro atoms. The zero-order chi connectivity index (χ0) is 13.8. The molecule has 5 nitrogen and oxygen atoms in total. The van der Waals surface area contributed by atoms with Gasteiger partial charge in [0.25, 0.3) is 0 Å². The molecule has 1 fully saturated rings. The summed E-state index contributed by atoms with van der Waals surface area (Å²) in [6, 6.07) is 1.28. The number of nitrogens with zero attached hydrogens (tertiary/aromatic N) is 1. The van der Waals surface area contributed by atoms with Crippen molar-refractivity contribution < 1.29 is 14.3 Å². The van der Waals surface area contributed by atoms with Gasteiger partial charge in [0, 0.05) is 12.6 Å². The fraction of sp³-hybridized carbons (Fsp3) is 0.462. The Kier molecular flexibility index (Phi) is 4.37. The average molecular weight is 283 g/mol. The Morgan fingerprint density at radius 2 is 2.42 bits per heavy atom. The van der Waals surface area contributed by atoms with Crippen LogP contribution in [-0.4, -0.2) is 29.4 Å². The van der Waals surface area contributed by atoms with Crippen molar-refractivity contribution in [3.63, 3.8) is 0 Å². The zero-order valence-electron chi connectivity index (χ0n) is 10.6. The normalized spacial score (nSPS) is 18.4. The van der Waals surface area contributed by atoms with Crippen LogP contribution in [0.15, 0.2) is 12.3 Å². The Hall–Kier alpha value is -1.62. The van der Waals surface area contributed by atoms with Crippen molar-refractivity contribution in [1.82, 2.24) is 4.98 Å². The summed E-state index contributed by atoms with van der Waals surface area (Å²) in [5, 5.41) is 3.33. The third-order valence-electron chi connectivity index (χ3n) is 3.00. The van der Waals surface area contributed by atoms with E-state index in [1.165, 1.54) is 6.20 Å². The Morgan fingerprint density at radius 1 is 1.63 bits per heavy atom. The van der Waals surface area contributed by atoms with Crippen molar-refractivity contribution in [3.8, 4) is 0 Å². The molecule has 1 heterocycles. The third-order valence-corrected chi connectivity index (χ3v) is 3.21. The molecule has 19 heavy (non-hydrogen) atoms. The van der Waals surface area contributed by atoms with Crippen LogP contribution in [-0.2, 0) is 9.53 Å². The number of Topliss-reactive ketones (excluding diaryl/α,β-unsaturated/α-hetero) is 1. The lowest BCUT2D eigenvalue weighted by Gasteiger charge is -2.15. The lowest BCUT2D eigenvalue weighted by atomic mass is 10.2. The molecule has 0 radical (unpaired) electrons. The quantitative estimate of drug-likeness (QED) is 0.678. The molecule has 0 unspecified atom stereocenters. The molecule has 1 aromatic rings. The van der Waals surface area contributed by atoms with Crippen LogP contribution in [0.25, 0.3) is 0 Å². The van der Waals surface area contributed by atoms with Crippen LogP contribution >= 0.6 is 11.6 Å². The summed E-state index contributed by atoms with van der Waals surface area (Å²) in [7, 11) is 0. The number of pyridine rings is 1. The van der Waals surface area contributed by atoms with Crippen LogP contribution in [0.5, 0.6) is 0 Å². The van der Waals surface area contributed by atoms with Crippen LogP contribution in [0.2, 0.25) is 5.15 Å². The van der Waals surface area contributed by atoms with E-state index in [1.54, 1.807) is 13.0 Å². The van der Waals surface area contributed by atoms with E-state index in [-0.39, 0.29) is 23.6 Å². The van der Waals surface area contributed by atoms with Gasteiger partial charge in [0.2, 0.25) is 0 Å². The molecule has 2 rings (SSSR count). The molecule has 6 heteroatoms. The predicted molar refractivity (Wildman–Crippen MR) is 71.5 cm³/mol. The second-order valence-electron chi connectivity index (χ2n) is 4.33. The standard InChI is InChI=1S/C13H15ClN2O3/c1-2-19-13(18)8-7-15-12(14)6-10(8)16-9-4-3-5-11(9)17/h6-7,9H,2-5H2,1H3,(H,15,16)/t9-/m1/s1. The highest BCUT2D eigenvalue weighted by atomic mass is 35.5. The maximum atomic E-state index is 11.8. The molecule has 0 saturated heterocycles. The number of nitrogens with one attached hydrogen (secondary N) is 1. The van der Waals surface area contributed by atoms with Crippen molar-refractivity contribution in [1.29, 1.82) is 0 Å². The van der Waals surface area contributed by atoms with Crippen molar-refractivity contribution in [3.05, 3.63) is 23.0 Å². The van der Waals surface area contributed by atoms with E-state index in [0.29, 0.717) is 17.7 Å². The van der Waals surface area contributed by atoms with E-state index in [9.17, 15) is 9.59 Å². The lowest BCUT2D eigenvalue weighted by molar-refractivity contribution is -0.118. The van der Waals surface area contributed by atoms with E-state index in [1.807, 2.05) is 0 Å². The Labute approximate surface area is 116 Å². The van der Waals surface area contributed by atoms with Gasteiger partial charge in [0.05, 0.1) is 18.3 Å². The molecular weight excluding hydrogens is 268 g/mol. The van der Waals surface area contributed by atoms with Gasteiger partial charge in [-0.2, -0.15) is 0 Å². The van der Waals surface area contributed by atoms with Gasteiger partial charge in [0.15, 0.2) is 5.78 Å². The topological polar surface area (TPSA) is 68.3 Å². The molecule has 1 aromatic heterocycles. The summed E-state index contributed by atoms with van der Waals surface area (Å²) in [6.45, 7) is 2.01. The second-order valence-corrected chi connectivity index (χ2v) is 4.72. The number of aromatic nitrogens is 1. The number of halogens is 1. The Balaban J connectivity index is 2.24. The van der Waals surface area contributed by atoms with E-state index in [0.717, 1.165) is 12.8 Å². The van der Waals surface area contributed by atoms with Crippen LogP contribution < -0.4 is 5.32 Å². The number of ether oxygens (including phenoxy) is 1. The van der Waals surface area contributed by atoms with Crippen LogP contribution in [0.4, 0.5) is 5.69 Å². The molecule has 1 saturated carbocycles. The van der Waals surface area contributed by atoms with Crippen LogP contribution in [0.1, 0.15) is 36.5 Å². The van der Waals surface area contributed by atoms with Gasteiger partial charge in [-0.05, 0) is 25.8 Å². The largest absolute Gasteiger partial charge is 0.462 e. The Bertz CT molecular complexity index is 505. The number of esters is 1. The molecule has 1 N–H and O–H groups in total. The fourth-order valence-corrected chi connectivity index (χ4v) is 2.23. The maximum Gasteiger partial charge on any atom is 0.341 e. The van der Waals surface area contributed by atoms with E-state index in [4.69, 9.17) is 16.3 Å². The van der Waals surface area contributed by atoms with E-state index < -0.39 is 5.97 Å². The molecule has 0 bridgehead atoms. The maximum absolute atomic E-state index is 11.8. The summed E-state index contributed by atoms with van der Waals surface area (Å²) in [5.74, 6) is -0.317. The van der Waals surface area contributed by atoms with Gasteiger partial charge in [-0.25, -0.2) is 9.78 Å². The van der Waals surface area contributed by atoms with E-state index >= 15 is 0 Å². The average Bonchev–Trinajstić information content (AvgIpc) is 2.75. The zero-order valence-corrected chi connectivity index (χ0v) is 11.4. The van der Waals surface area contributed by atoms with Crippen LogP contribution in [0.3, 0.4) is 0 Å². The number of hydrogen-bond acceptors (Lipinski definition) is 5. The highest BCUT2D eigenvalue weighted by Crippen LogP contribution is 2.24. The monoisotopic (exact) mass is 282 g/mol. The summed E-state index contributed by atoms with van der Waals surface area (Å²) < 4.78 is 4.95. The SMILES string of the molecule is CCOC(=O)c1cnc(Cl)cc1N[C@@H]1CCCC1=O. The molecule has 1 atom stereocenters. The molecular formula is C13H15ClN2O3. The van der Waals surface area contributed by atoms with E-state index in [2.05, 4.69) is 10.3 Å². The number of hydrogen-bond donors (Lipinski definition) is 1. The minimum atomic E-state index is -0.473. The molecule has 102 valence electrons. The summed E-state index contributed by atoms with van der Waals surface area (Å²) in [6.07, 6.45) is 3.57. The first-order valence-electron chi connectivity index (χ1n) is 6.23.